The van der Waals surface area contributed by atoms with Gasteiger partial charge < -0.3 is 15.6 Å². The highest BCUT2D eigenvalue weighted by Gasteiger charge is 2.24. The number of H-pyrrole nitrogens is 1. The molecule has 1 atom stereocenters. The summed E-state index contributed by atoms with van der Waals surface area (Å²) in [6.07, 6.45) is 2.78. The first kappa shape index (κ1) is 10.4. The van der Waals surface area contributed by atoms with Gasteiger partial charge in [0.05, 0.1) is 0 Å². The lowest BCUT2D eigenvalue weighted by Crippen LogP contribution is -2.31. The number of carbonyl (C=O) groups excluding carboxylic acids is 1. The minimum atomic E-state index is 0.0843. The second kappa shape index (κ2) is 3.89. The highest BCUT2D eigenvalue weighted by molar-refractivity contribution is 5.98. The number of nitrogens with two attached hydrogens (primary N) is 1. The number of carbonyl (C=O) groups is 1. The molecule has 0 aliphatic carbocycles. The van der Waals surface area contributed by atoms with Crippen LogP contribution >= 0.6 is 0 Å². The maximum Gasteiger partial charge on any atom is 0.253 e. The van der Waals surface area contributed by atoms with Crippen molar-refractivity contribution >= 4 is 16.8 Å². The van der Waals surface area contributed by atoms with Crippen LogP contribution in [0.2, 0.25) is 0 Å². The molecular formula is C13H15N3O. The summed E-state index contributed by atoms with van der Waals surface area (Å²) in [7, 11) is 0. The second-order valence-corrected chi connectivity index (χ2v) is 4.58. The zero-order chi connectivity index (χ0) is 11.8. The Kier molecular flexibility index (Phi) is 2.37. The normalized spacial score (nSPS) is 20.1. The molecular weight excluding hydrogens is 214 g/mol. The minimum absolute atomic E-state index is 0.0843. The summed E-state index contributed by atoms with van der Waals surface area (Å²) in [5.74, 6) is 0.0843. The fraction of sp³-hybridized carbons (Fsp3) is 0.308. The van der Waals surface area contributed by atoms with Crippen LogP contribution in [0.1, 0.15) is 16.8 Å². The van der Waals surface area contributed by atoms with Crippen molar-refractivity contribution in [2.24, 2.45) is 5.73 Å². The zero-order valence-electron chi connectivity index (χ0n) is 9.52. The first-order chi connectivity index (χ1) is 8.24. The summed E-state index contributed by atoms with van der Waals surface area (Å²) in [5, 5.41) is 1.07. The first-order valence-corrected chi connectivity index (χ1v) is 5.86. The molecule has 2 aromatic rings. The van der Waals surface area contributed by atoms with Crippen molar-refractivity contribution in [1.29, 1.82) is 0 Å². The minimum Gasteiger partial charge on any atom is -0.361 e. The van der Waals surface area contributed by atoms with E-state index in [2.05, 4.69) is 4.98 Å². The van der Waals surface area contributed by atoms with Gasteiger partial charge in [-0.05, 0) is 30.7 Å². The standard InChI is InChI=1S/C13H15N3O/c14-11-4-6-16(8-11)13(17)10-1-2-12-9(7-10)3-5-15-12/h1-3,5,7,11,15H,4,6,8,14H2. The number of nitrogens with zero attached hydrogens (tertiary/aromatic N) is 1. The van der Waals surface area contributed by atoms with Crippen molar-refractivity contribution < 1.29 is 4.79 Å². The molecule has 1 fully saturated rings. The van der Waals surface area contributed by atoms with E-state index in [1.165, 1.54) is 0 Å². The van der Waals surface area contributed by atoms with E-state index in [1.54, 1.807) is 0 Å². The van der Waals surface area contributed by atoms with Gasteiger partial charge >= 0.3 is 0 Å². The Bertz CT molecular complexity index is 561. The molecule has 4 nitrogen and oxygen atoms in total. The smallest absolute Gasteiger partial charge is 0.253 e. The number of hydrogen-bond donors (Lipinski definition) is 2. The molecule has 1 aromatic carbocycles. The Morgan fingerprint density at radius 2 is 2.29 bits per heavy atom. The van der Waals surface area contributed by atoms with Crippen LogP contribution in [0.5, 0.6) is 0 Å². The number of fused-ring (bicyclic) bond motifs is 1. The largest absolute Gasteiger partial charge is 0.361 e. The molecule has 1 amide bonds. The Morgan fingerprint density at radius 1 is 1.41 bits per heavy atom. The Hall–Kier alpha value is -1.81. The molecule has 3 rings (SSSR count). The topological polar surface area (TPSA) is 62.1 Å². The molecule has 1 saturated heterocycles. The van der Waals surface area contributed by atoms with Crippen molar-refractivity contribution in [3.8, 4) is 0 Å². The van der Waals surface area contributed by atoms with Crippen LogP contribution in [0.4, 0.5) is 0 Å². The molecule has 1 aromatic heterocycles. The van der Waals surface area contributed by atoms with Gasteiger partial charge in [-0.3, -0.25) is 4.79 Å². The van der Waals surface area contributed by atoms with Crippen LogP contribution in [0, 0.1) is 0 Å². The van der Waals surface area contributed by atoms with Crippen LogP contribution in [-0.4, -0.2) is 34.9 Å². The molecule has 0 spiro atoms. The van der Waals surface area contributed by atoms with Gasteiger partial charge in [0.1, 0.15) is 0 Å². The number of nitrogens with one attached hydrogen (secondary N) is 1. The lowest BCUT2D eigenvalue weighted by Gasteiger charge is -2.15. The third kappa shape index (κ3) is 1.80. The molecule has 0 radical (unpaired) electrons. The van der Waals surface area contributed by atoms with Crippen molar-refractivity contribution in [1.82, 2.24) is 9.88 Å². The molecule has 1 aliphatic heterocycles. The van der Waals surface area contributed by atoms with Gasteiger partial charge in [0.2, 0.25) is 0 Å². The van der Waals surface area contributed by atoms with Crippen LogP contribution in [-0.2, 0) is 0 Å². The number of aromatic nitrogens is 1. The molecule has 88 valence electrons. The van der Waals surface area contributed by atoms with E-state index in [0.29, 0.717) is 6.54 Å². The Balaban J connectivity index is 1.89. The van der Waals surface area contributed by atoms with Gasteiger partial charge in [-0.2, -0.15) is 0 Å². The van der Waals surface area contributed by atoms with E-state index in [-0.39, 0.29) is 11.9 Å². The summed E-state index contributed by atoms with van der Waals surface area (Å²) >= 11 is 0. The highest BCUT2D eigenvalue weighted by atomic mass is 16.2. The van der Waals surface area contributed by atoms with E-state index in [1.807, 2.05) is 35.4 Å². The molecule has 0 saturated carbocycles. The maximum atomic E-state index is 12.2. The maximum absolute atomic E-state index is 12.2. The number of hydrogen-bond acceptors (Lipinski definition) is 2. The average molecular weight is 229 g/mol. The zero-order valence-corrected chi connectivity index (χ0v) is 9.52. The van der Waals surface area contributed by atoms with Gasteiger partial charge in [0.25, 0.3) is 5.91 Å². The summed E-state index contributed by atoms with van der Waals surface area (Å²) < 4.78 is 0. The van der Waals surface area contributed by atoms with Gasteiger partial charge in [0.15, 0.2) is 0 Å². The number of aromatic amines is 1. The summed E-state index contributed by atoms with van der Waals surface area (Å²) in [6, 6.07) is 7.85. The van der Waals surface area contributed by atoms with Crippen LogP contribution in [0.3, 0.4) is 0 Å². The van der Waals surface area contributed by atoms with Gasteiger partial charge in [0, 0.05) is 41.8 Å². The molecule has 4 heteroatoms. The van der Waals surface area contributed by atoms with Gasteiger partial charge in [-0.15, -0.1) is 0 Å². The van der Waals surface area contributed by atoms with Gasteiger partial charge in [-0.1, -0.05) is 0 Å². The SMILES string of the molecule is NC1CCN(C(=O)c2ccc3[nH]ccc3c2)C1. The Morgan fingerprint density at radius 3 is 3.06 bits per heavy atom. The molecule has 0 bridgehead atoms. The third-order valence-electron chi connectivity index (χ3n) is 3.31. The quantitative estimate of drug-likeness (QED) is 0.775. The number of amides is 1. The van der Waals surface area contributed by atoms with Gasteiger partial charge in [-0.25, -0.2) is 0 Å². The fourth-order valence-electron chi connectivity index (χ4n) is 2.34. The molecule has 1 unspecified atom stereocenters. The monoisotopic (exact) mass is 229 g/mol. The molecule has 1 aliphatic rings. The van der Waals surface area contributed by atoms with E-state index in [0.717, 1.165) is 29.4 Å². The molecule has 2 heterocycles. The predicted octanol–water partition coefficient (Wildman–Crippen LogP) is 1.34. The number of likely N-dealkylation sites (tertiary alicyclic amines) is 1. The van der Waals surface area contributed by atoms with E-state index in [4.69, 9.17) is 5.73 Å². The number of benzene rings is 1. The van der Waals surface area contributed by atoms with E-state index < -0.39 is 0 Å². The highest BCUT2D eigenvalue weighted by Crippen LogP contribution is 2.17. The Labute approximate surface area is 99.4 Å². The molecule has 3 N–H and O–H groups in total. The van der Waals surface area contributed by atoms with Crippen molar-refractivity contribution in [3.63, 3.8) is 0 Å². The average Bonchev–Trinajstić information content (AvgIpc) is 2.95. The number of rotatable bonds is 1. The predicted molar refractivity (Wildman–Crippen MR) is 66.8 cm³/mol. The first-order valence-electron chi connectivity index (χ1n) is 5.86. The lowest BCUT2D eigenvalue weighted by atomic mass is 10.1. The molecule has 17 heavy (non-hydrogen) atoms. The summed E-state index contributed by atoms with van der Waals surface area (Å²) in [6.45, 7) is 1.44. The third-order valence-corrected chi connectivity index (χ3v) is 3.31. The van der Waals surface area contributed by atoms with Crippen molar-refractivity contribution in [3.05, 3.63) is 36.0 Å². The van der Waals surface area contributed by atoms with Crippen LogP contribution in [0.15, 0.2) is 30.5 Å². The summed E-state index contributed by atoms with van der Waals surface area (Å²) in [5.41, 5.74) is 7.61. The van der Waals surface area contributed by atoms with E-state index in [9.17, 15) is 4.79 Å². The van der Waals surface area contributed by atoms with Crippen molar-refractivity contribution in [2.45, 2.75) is 12.5 Å². The van der Waals surface area contributed by atoms with Crippen LogP contribution in [0.25, 0.3) is 10.9 Å². The van der Waals surface area contributed by atoms with Crippen molar-refractivity contribution in [2.75, 3.05) is 13.1 Å². The summed E-state index contributed by atoms with van der Waals surface area (Å²) in [4.78, 5) is 17.2. The lowest BCUT2D eigenvalue weighted by molar-refractivity contribution is 0.0791. The van der Waals surface area contributed by atoms with Crippen LogP contribution < -0.4 is 5.73 Å². The second-order valence-electron chi connectivity index (χ2n) is 4.58. The van der Waals surface area contributed by atoms with E-state index >= 15 is 0 Å². The fourth-order valence-corrected chi connectivity index (χ4v) is 2.34.